The number of unbranched alkanes of at least 4 members (excludes halogenated alkanes) is 3. The monoisotopic (exact) mass is 496 g/mol. The SMILES string of the molecule is CCCCC/C=C\C1C[C@]1(NC(=O)C1CCCN1C(=O)CNC(=O)OC(C)(C)C)C(=O)NSC. The minimum absolute atomic E-state index is 0.0652. The van der Waals surface area contributed by atoms with Gasteiger partial charge in [-0.25, -0.2) is 4.79 Å². The number of hydrogen-bond acceptors (Lipinski definition) is 6. The zero-order valence-electron chi connectivity index (χ0n) is 21.1. The zero-order valence-corrected chi connectivity index (χ0v) is 21.9. The standard InChI is InChI=1S/C24H40N4O5S/c1-6-7-8-9-10-12-17-15-24(17,21(31)27-34-5)26-20(30)18-13-11-14-28(18)19(29)16-25-22(32)33-23(2,3)4/h10,12,17-18H,6-9,11,13-16H2,1-5H3,(H,25,32)(H,26,30)(H,27,31)/b12-10-/t17?,18?,24-/m1/s1. The van der Waals surface area contributed by atoms with Crippen molar-refractivity contribution in [3.05, 3.63) is 12.2 Å². The van der Waals surface area contributed by atoms with E-state index in [1.54, 1.807) is 27.0 Å². The lowest BCUT2D eigenvalue weighted by atomic mass is 10.1. The fourth-order valence-corrected chi connectivity index (χ4v) is 4.51. The van der Waals surface area contributed by atoms with Gasteiger partial charge in [0.15, 0.2) is 0 Å². The molecule has 0 aromatic rings. The van der Waals surface area contributed by atoms with Gasteiger partial charge in [-0.15, -0.1) is 0 Å². The highest BCUT2D eigenvalue weighted by Gasteiger charge is 2.60. The van der Waals surface area contributed by atoms with Gasteiger partial charge < -0.3 is 20.3 Å². The second-order valence-corrected chi connectivity index (χ2v) is 10.5. The van der Waals surface area contributed by atoms with Gasteiger partial charge in [0.25, 0.3) is 5.91 Å². The molecule has 2 aliphatic rings. The Morgan fingerprint density at radius 2 is 1.94 bits per heavy atom. The molecule has 9 nitrogen and oxygen atoms in total. The number of carbonyl (C=O) groups excluding carboxylic acids is 4. The molecule has 3 N–H and O–H groups in total. The number of likely N-dealkylation sites (tertiary alicyclic amines) is 1. The molecule has 2 unspecified atom stereocenters. The van der Waals surface area contributed by atoms with Gasteiger partial charge in [-0.2, -0.15) is 0 Å². The first-order chi connectivity index (χ1) is 16.0. The van der Waals surface area contributed by atoms with Crippen molar-refractivity contribution in [3.8, 4) is 0 Å². The van der Waals surface area contributed by atoms with E-state index in [-0.39, 0.29) is 30.2 Å². The van der Waals surface area contributed by atoms with Crippen LogP contribution in [-0.4, -0.2) is 65.2 Å². The minimum atomic E-state index is -0.979. The molecule has 4 amide bonds. The molecule has 3 atom stereocenters. The number of allylic oxidation sites excluding steroid dienone is 1. The number of hydrogen-bond donors (Lipinski definition) is 3. The minimum Gasteiger partial charge on any atom is -0.444 e. The number of alkyl carbamates (subject to hydrolysis) is 1. The maximum absolute atomic E-state index is 13.2. The summed E-state index contributed by atoms with van der Waals surface area (Å²) in [4.78, 5) is 52.1. The highest BCUT2D eigenvalue weighted by molar-refractivity contribution is 7.97. The van der Waals surface area contributed by atoms with Gasteiger partial charge in [0, 0.05) is 18.7 Å². The maximum atomic E-state index is 13.2. The molecule has 0 aromatic heterocycles. The number of rotatable bonds is 11. The molecule has 1 saturated carbocycles. The summed E-state index contributed by atoms with van der Waals surface area (Å²) in [6, 6.07) is -0.665. The van der Waals surface area contributed by atoms with Crippen molar-refractivity contribution in [2.24, 2.45) is 5.92 Å². The second-order valence-electron chi connectivity index (χ2n) is 9.93. The predicted octanol–water partition coefficient (Wildman–Crippen LogP) is 2.91. The molecule has 0 bridgehead atoms. The Hall–Kier alpha value is -2.23. The molecule has 1 saturated heterocycles. The quantitative estimate of drug-likeness (QED) is 0.230. The van der Waals surface area contributed by atoms with Crippen molar-refractivity contribution < 1.29 is 23.9 Å². The van der Waals surface area contributed by atoms with Crippen LogP contribution in [0.25, 0.3) is 0 Å². The summed E-state index contributed by atoms with van der Waals surface area (Å²) in [6.07, 6.45) is 11.3. The van der Waals surface area contributed by atoms with Gasteiger partial charge >= 0.3 is 6.09 Å². The summed E-state index contributed by atoms with van der Waals surface area (Å²) in [5.74, 6) is -0.973. The fourth-order valence-electron chi connectivity index (χ4n) is 4.14. The first kappa shape index (κ1) is 28.0. The van der Waals surface area contributed by atoms with Crippen LogP contribution < -0.4 is 15.4 Å². The third-order valence-corrected chi connectivity index (χ3v) is 6.35. The molecule has 2 fully saturated rings. The number of nitrogens with zero attached hydrogens (tertiary/aromatic N) is 1. The smallest absolute Gasteiger partial charge is 0.408 e. The lowest BCUT2D eigenvalue weighted by Gasteiger charge is -2.27. The van der Waals surface area contributed by atoms with Crippen molar-refractivity contribution in [1.29, 1.82) is 0 Å². The molecular weight excluding hydrogens is 456 g/mol. The first-order valence-corrected chi connectivity index (χ1v) is 13.3. The van der Waals surface area contributed by atoms with Crippen LogP contribution in [0.15, 0.2) is 12.2 Å². The zero-order chi connectivity index (χ0) is 25.4. The molecule has 1 aliphatic carbocycles. The second kappa shape index (κ2) is 12.5. The van der Waals surface area contributed by atoms with E-state index in [1.165, 1.54) is 16.8 Å². The number of nitrogens with one attached hydrogen (secondary N) is 3. The van der Waals surface area contributed by atoms with Crippen LogP contribution in [0.4, 0.5) is 4.79 Å². The molecule has 0 spiro atoms. The van der Waals surface area contributed by atoms with Gasteiger partial charge in [-0.1, -0.05) is 43.9 Å². The summed E-state index contributed by atoms with van der Waals surface area (Å²) >= 11 is 1.20. The molecule has 1 aliphatic heterocycles. The summed E-state index contributed by atoms with van der Waals surface area (Å²) in [6.45, 7) is 7.55. The molecule has 192 valence electrons. The predicted molar refractivity (Wildman–Crippen MR) is 133 cm³/mol. The van der Waals surface area contributed by atoms with E-state index in [9.17, 15) is 19.2 Å². The summed E-state index contributed by atoms with van der Waals surface area (Å²) in [5, 5.41) is 5.41. The summed E-state index contributed by atoms with van der Waals surface area (Å²) in [5.41, 5.74) is -1.65. The Labute approximate surface area is 207 Å². The van der Waals surface area contributed by atoms with Crippen LogP contribution in [0.2, 0.25) is 0 Å². The number of carbonyl (C=O) groups is 4. The van der Waals surface area contributed by atoms with Gasteiger partial charge in [0.2, 0.25) is 11.8 Å². The molecule has 2 rings (SSSR count). The lowest BCUT2D eigenvalue weighted by Crippen LogP contribution is -2.55. The van der Waals surface area contributed by atoms with Crippen LogP contribution in [0.3, 0.4) is 0 Å². The highest BCUT2D eigenvalue weighted by atomic mass is 32.2. The van der Waals surface area contributed by atoms with Crippen molar-refractivity contribution in [2.75, 3.05) is 19.3 Å². The van der Waals surface area contributed by atoms with E-state index in [2.05, 4.69) is 28.4 Å². The van der Waals surface area contributed by atoms with Crippen LogP contribution >= 0.6 is 11.9 Å². The Balaban J connectivity index is 1.98. The number of ether oxygens (including phenoxy) is 1. The van der Waals surface area contributed by atoms with E-state index in [0.29, 0.717) is 25.8 Å². The van der Waals surface area contributed by atoms with Gasteiger partial charge in [0.1, 0.15) is 23.7 Å². The number of amides is 4. The molecule has 10 heteroatoms. The summed E-state index contributed by atoms with van der Waals surface area (Å²) in [7, 11) is 0. The van der Waals surface area contributed by atoms with E-state index >= 15 is 0 Å². The molecule has 1 heterocycles. The molecule has 0 radical (unpaired) electrons. The van der Waals surface area contributed by atoms with Crippen LogP contribution in [0.1, 0.15) is 72.6 Å². The molecule has 34 heavy (non-hydrogen) atoms. The van der Waals surface area contributed by atoms with Crippen molar-refractivity contribution in [3.63, 3.8) is 0 Å². The van der Waals surface area contributed by atoms with Gasteiger partial charge in [0.05, 0.1) is 0 Å². The average Bonchev–Trinajstić information content (AvgIpc) is 3.21. The largest absolute Gasteiger partial charge is 0.444 e. The topological polar surface area (TPSA) is 117 Å². The maximum Gasteiger partial charge on any atom is 0.408 e. The Morgan fingerprint density at radius 3 is 2.59 bits per heavy atom. The normalized spacial score (nSPS) is 24.1. The van der Waals surface area contributed by atoms with Crippen LogP contribution in [0, 0.1) is 5.92 Å². The van der Waals surface area contributed by atoms with Crippen LogP contribution in [-0.2, 0) is 19.1 Å². The van der Waals surface area contributed by atoms with Gasteiger partial charge in [-0.05, 0) is 52.9 Å². The lowest BCUT2D eigenvalue weighted by molar-refractivity contribution is -0.139. The average molecular weight is 497 g/mol. The van der Waals surface area contributed by atoms with E-state index in [0.717, 1.165) is 25.7 Å². The Bertz CT molecular complexity index is 782. The first-order valence-electron chi connectivity index (χ1n) is 12.1. The molecule has 0 aromatic carbocycles. The Kier molecular flexibility index (Phi) is 10.3. The van der Waals surface area contributed by atoms with Crippen molar-refractivity contribution in [1.82, 2.24) is 20.3 Å². The van der Waals surface area contributed by atoms with E-state index in [1.807, 2.05) is 6.08 Å². The highest BCUT2D eigenvalue weighted by Crippen LogP contribution is 2.45. The van der Waals surface area contributed by atoms with Gasteiger partial charge in [-0.3, -0.25) is 19.1 Å². The third kappa shape index (κ3) is 7.92. The van der Waals surface area contributed by atoms with E-state index < -0.39 is 23.3 Å². The third-order valence-electron chi connectivity index (χ3n) is 5.96. The fraction of sp³-hybridized carbons (Fsp3) is 0.750. The van der Waals surface area contributed by atoms with Crippen molar-refractivity contribution in [2.45, 2.75) is 89.8 Å². The van der Waals surface area contributed by atoms with Crippen molar-refractivity contribution >= 4 is 35.8 Å². The Morgan fingerprint density at radius 1 is 1.21 bits per heavy atom. The van der Waals surface area contributed by atoms with E-state index in [4.69, 9.17) is 4.74 Å². The van der Waals surface area contributed by atoms with Crippen LogP contribution in [0.5, 0.6) is 0 Å². The summed E-state index contributed by atoms with van der Waals surface area (Å²) < 4.78 is 7.92. The molecular formula is C24H40N4O5S.